The zero-order chi connectivity index (χ0) is 24.3. The Kier molecular flexibility index (Phi) is 7.05. The molecule has 2 amide bonds. The highest BCUT2D eigenvalue weighted by Crippen LogP contribution is 2.38. The van der Waals surface area contributed by atoms with Gasteiger partial charge in [-0.15, -0.1) is 0 Å². The first-order chi connectivity index (χ1) is 16.2. The lowest BCUT2D eigenvalue weighted by molar-refractivity contribution is -0.122. The number of hydrogen-bond acceptors (Lipinski definition) is 6. The average molecular weight is 466 g/mol. The molecule has 8 heteroatoms. The highest BCUT2D eigenvalue weighted by molar-refractivity contribution is 6.10. The molecule has 0 bridgehead atoms. The van der Waals surface area contributed by atoms with Gasteiger partial charge >= 0.3 is 0 Å². The number of hydrogen-bond donors (Lipinski definition) is 2. The van der Waals surface area contributed by atoms with Crippen LogP contribution < -0.4 is 20.7 Å². The SMILES string of the molecule is CC(C)(C)CNC(=O)C[C@H]1CC[C@H](c2ccc(N3CCOc4ncnc(N)c4C3=O)cc2)CC1. The summed E-state index contributed by atoms with van der Waals surface area (Å²) in [5, 5.41) is 3.07. The number of aromatic nitrogens is 2. The minimum atomic E-state index is -0.247. The summed E-state index contributed by atoms with van der Waals surface area (Å²) >= 11 is 0. The van der Waals surface area contributed by atoms with Crippen molar-refractivity contribution in [2.24, 2.45) is 11.3 Å². The van der Waals surface area contributed by atoms with Crippen molar-refractivity contribution in [3.63, 3.8) is 0 Å². The Labute approximate surface area is 201 Å². The third-order valence-corrected chi connectivity index (χ3v) is 6.67. The molecule has 0 spiro atoms. The largest absolute Gasteiger partial charge is 0.475 e. The molecule has 0 atom stereocenters. The Morgan fingerprint density at radius 2 is 1.85 bits per heavy atom. The van der Waals surface area contributed by atoms with Gasteiger partial charge in [0.05, 0.1) is 6.54 Å². The molecule has 0 saturated heterocycles. The fourth-order valence-corrected chi connectivity index (χ4v) is 4.73. The van der Waals surface area contributed by atoms with Crippen molar-refractivity contribution in [2.75, 3.05) is 30.3 Å². The van der Waals surface area contributed by atoms with E-state index in [-0.39, 0.29) is 34.5 Å². The van der Waals surface area contributed by atoms with E-state index in [1.807, 2.05) is 12.1 Å². The van der Waals surface area contributed by atoms with Crippen LogP contribution in [0, 0.1) is 11.3 Å². The first-order valence-electron chi connectivity index (χ1n) is 12.1. The summed E-state index contributed by atoms with van der Waals surface area (Å²) in [7, 11) is 0. The number of nitrogens with one attached hydrogen (secondary N) is 1. The normalized spacial score (nSPS) is 20.8. The predicted molar refractivity (Wildman–Crippen MR) is 132 cm³/mol. The van der Waals surface area contributed by atoms with Gasteiger partial charge in [0.2, 0.25) is 11.8 Å². The second kappa shape index (κ2) is 9.99. The van der Waals surface area contributed by atoms with E-state index < -0.39 is 0 Å². The predicted octanol–water partition coefficient (Wildman–Crippen LogP) is 3.92. The lowest BCUT2D eigenvalue weighted by atomic mass is 9.77. The summed E-state index contributed by atoms with van der Waals surface area (Å²) in [5.41, 5.74) is 8.34. The van der Waals surface area contributed by atoms with Crippen LogP contribution in [0.15, 0.2) is 30.6 Å². The molecular weight excluding hydrogens is 430 g/mol. The van der Waals surface area contributed by atoms with E-state index in [1.165, 1.54) is 11.9 Å². The van der Waals surface area contributed by atoms with Crippen molar-refractivity contribution in [1.29, 1.82) is 0 Å². The van der Waals surface area contributed by atoms with E-state index in [1.54, 1.807) is 4.90 Å². The van der Waals surface area contributed by atoms with Gasteiger partial charge in [-0.25, -0.2) is 9.97 Å². The highest BCUT2D eigenvalue weighted by Gasteiger charge is 2.29. The Morgan fingerprint density at radius 1 is 1.15 bits per heavy atom. The first kappa shape index (κ1) is 24.0. The maximum absolute atomic E-state index is 13.1. The van der Waals surface area contributed by atoms with Gasteiger partial charge < -0.3 is 20.7 Å². The van der Waals surface area contributed by atoms with Gasteiger partial charge in [0.25, 0.3) is 5.91 Å². The number of rotatable bonds is 5. The van der Waals surface area contributed by atoms with Crippen LogP contribution in [0.4, 0.5) is 11.5 Å². The van der Waals surface area contributed by atoms with E-state index in [0.29, 0.717) is 38.0 Å². The summed E-state index contributed by atoms with van der Waals surface area (Å²) < 4.78 is 5.62. The second-order valence-electron chi connectivity index (χ2n) is 10.6. The van der Waals surface area contributed by atoms with Crippen molar-refractivity contribution in [1.82, 2.24) is 15.3 Å². The molecule has 8 nitrogen and oxygen atoms in total. The van der Waals surface area contributed by atoms with Crippen LogP contribution in [-0.2, 0) is 4.79 Å². The molecule has 2 aliphatic rings. The topological polar surface area (TPSA) is 110 Å². The van der Waals surface area contributed by atoms with Crippen molar-refractivity contribution in [2.45, 2.75) is 58.8 Å². The smallest absolute Gasteiger partial charge is 0.267 e. The summed E-state index contributed by atoms with van der Waals surface area (Å²) in [4.78, 5) is 35.1. The third-order valence-electron chi connectivity index (χ3n) is 6.67. The van der Waals surface area contributed by atoms with E-state index in [2.05, 4.69) is 48.2 Å². The van der Waals surface area contributed by atoms with Crippen LogP contribution in [0.2, 0.25) is 0 Å². The van der Waals surface area contributed by atoms with Gasteiger partial charge in [-0.05, 0) is 60.6 Å². The molecule has 4 rings (SSSR count). The fraction of sp³-hybridized carbons (Fsp3) is 0.538. The van der Waals surface area contributed by atoms with Crippen molar-refractivity contribution in [3.8, 4) is 5.88 Å². The van der Waals surface area contributed by atoms with Gasteiger partial charge in [-0.3, -0.25) is 9.59 Å². The molecular formula is C26H35N5O3. The maximum Gasteiger partial charge on any atom is 0.267 e. The number of fused-ring (bicyclic) bond motifs is 1. The van der Waals surface area contributed by atoms with Crippen molar-refractivity contribution >= 4 is 23.3 Å². The Balaban J connectivity index is 1.34. The Morgan fingerprint density at radius 3 is 2.53 bits per heavy atom. The number of nitrogen functional groups attached to an aromatic ring is 1. The van der Waals surface area contributed by atoms with Gasteiger partial charge in [0.1, 0.15) is 24.3 Å². The van der Waals surface area contributed by atoms with E-state index >= 15 is 0 Å². The molecule has 1 aliphatic heterocycles. The van der Waals surface area contributed by atoms with Gasteiger partial charge in [0.15, 0.2) is 0 Å². The number of ether oxygens (including phenoxy) is 1. The lowest BCUT2D eigenvalue weighted by Gasteiger charge is -2.29. The van der Waals surface area contributed by atoms with Gasteiger partial charge in [-0.1, -0.05) is 32.9 Å². The highest BCUT2D eigenvalue weighted by atomic mass is 16.5. The van der Waals surface area contributed by atoms with Crippen LogP contribution in [0.5, 0.6) is 5.88 Å². The van der Waals surface area contributed by atoms with Crippen molar-refractivity contribution < 1.29 is 14.3 Å². The Hall–Kier alpha value is -3.16. The minimum Gasteiger partial charge on any atom is -0.475 e. The molecule has 1 saturated carbocycles. The number of amides is 2. The molecule has 3 N–H and O–H groups in total. The number of benzene rings is 1. The first-order valence-corrected chi connectivity index (χ1v) is 12.1. The van der Waals surface area contributed by atoms with Crippen LogP contribution in [-0.4, -0.2) is 41.5 Å². The van der Waals surface area contributed by atoms with Crippen molar-refractivity contribution in [3.05, 3.63) is 41.7 Å². The summed E-state index contributed by atoms with van der Waals surface area (Å²) in [6.45, 7) is 7.85. The fourth-order valence-electron chi connectivity index (χ4n) is 4.73. The summed E-state index contributed by atoms with van der Waals surface area (Å²) in [5.74, 6) is 1.22. The number of carbonyl (C=O) groups is 2. The quantitative estimate of drug-likeness (QED) is 0.692. The van der Waals surface area contributed by atoms with Crippen LogP contribution in [0.3, 0.4) is 0 Å². The van der Waals surface area contributed by atoms with Crippen LogP contribution in [0.1, 0.15) is 74.7 Å². The molecule has 2 heterocycles. The van der Waals surface area contributed by atoms with E-state index in [0.717, 1.165) is 31.4 Å². The number of anilines is 2. The zero-order valence-electron chi connectivity index (χ0n) is 20.3. The van der Waals surface area contributed by atoms with Crippen LogP contribution >= 0.6 is 0 Å². The molecule has 0 unspecified atom stereocenters. The standard InChI is InChI=1S/C26H35N5O3/c1-26(2,3)15-28-21(32)14-17-4-6-18(7-5-17)19-8-10-20(11-9-19)31-12-13-34-24-22(25(31)33)23(27)29-16-30-24/h8-11,16-18H,4-7,12-15H2,1-3H3,(H,28,32)(H2,27,29,30)/t17-,18-. The summed E-state index contributed by atoms with van der Waals surface area (Å²) in [6.07, 6.45) is 6.21. The number of carbonyl (C=O) groups excluding carboxylic acids is 2. The third kappa shape index (κ3) is 5.66. The number of nitrogens with two attached hydrogens (primary N) is 1. The molecule has 1 aromatic carbocycles. The lowest BCUT2D eigenvalue weighted by Crippen LogP contribution is -2.33. The molecule has 1 fully saturated rings. The summed E-state index contributed by atoms with van der Waals surface area (Å²) in [6, 6.07) is 8.21. The van der Waals surface area contributed by atoms with E-state index in [4.69, 9.17) is 10.5 Å². The molecule has 1 aliphatic carbocycles. The average Bonchev–Trinajstić information content (AvgIpc) is 2.97. The Bertz CT molecular complexity index is 1020. The van der Waals surface area contributed by atoms with E-state index in [9.17, 15) is 9.59 Å². The monoisotopic (exact) mass is 465 g/mol. The molecule has 0 radical (unpaired) electrons. The van der Waals surface area contributed by atoms with Crippen LogP contribution in [0.25, 0.3) is 0 Å². The molecule has 1 aromatic heterocycles. The minimum absolute atomic E-state index is 0.105. The molecule has 182 valence electrons. The van der Waals surface area contributed by atoms with Gasteiger partial charge in [-0.2, -0.15) is 0 Å². The second-order valence-corrected chi connectivity index (χ2v) is 10.6. The zero-order valence-corrected chi connectivity index (χ0v) is 20.3. The number of nitrogens with zero attached hydrogens (tertiary/aromatic N) is 3. The molecule has 34 heavy (non-hydrogen) atoms. The molecule has 2 aromatic rings. The maximum atomic E-state index is 13.1. The van der Waals surface area contributed by atoms with Gasteiger partial charge in [0, 0.05) is 18.7 Å².